The first kappa shape index (κ1) is 12.7. The van der Waals surface area contributed by atoms with Gasteiger partial charge in [-0.3, -0.25) is 4.79 Å². The van der Waals surface area contributed by atoms with E-state index in [-0.39, 0.29) is 18.6 Å². The summed E-state index contributed by atoms with van der Waals surface area (Å²) < 4.78 is 12.6. The van der Waals surface area contributed by atoms with Crippen LogP contribution in [0.5, 0.6) is 11.5 Å². The van der Waals surface area contributed by atoms with Crippen molar-refractivity contribution in [3.8, 4) is 11.5 Å². The largest absolute Gasteiger partial charge is 0.454 e. The van der Waals surface area contributed by atoms with Crippen molar-refractivity contribution in [2.75, 3.05) is 12.1 Å². The van der Waals surface area contributed by atoms with Gasteiger partial charge in [-0.1, -0.05) is 6.07 Å². The van der Waals surface area contributed by atoms with Crippen LogP contribution in [0, 0.1) is 0 Å². The van der Waals surface area contributed by atoms with Gasteiger partial charge in [-0.2, -0.15) is 10.1 Å². The van der Waals surface area contributed by atoms with Gasteiger partial charge in [0.25, 0.3) is 0 Å². The fourth-order valence-electron chi connectivity index (χ4n) is 3.49. The normalized spacial score (nSPS) is 21.7. The summed E-state index contributed by atoms with van der Waals surface area (Å²) >= 11 is 0. The topological polar surface area (TPSA) is 78.3 Å². The molecule has 1 aromatic heterocycles. The molecule has 0 radical (unpaired) electrons. The van der Waals surface area contributed by atoms with Crippen molar-refractivity contribution in [1.82, 2.24) is 14.8 Å². The predicted octanol–water partition coefficient (Wildman–Crippen LogP) is 2.03. The molecule has 3 aliphatic rings. The minimum absolute atomic E-state index is 0.169. The van der Waals surface area contributed by atoms with E-state index in [9.17, 15) is 4.79 Å². The number of carbonyl (C=O) groups is 1. The molecule has 2 aliphatic heterocycles. The van der Waals surface area contributed by atoms with E-state index in [1.807, 2.05) is 18.2 Å². The van der Waals surface area contributed by atoms with Crippen molar-refractivity contribution >= 4 is 11.7 Å². The van der Waals surface area contributed by atoms with Gasteiger partial charge in [0.2, 0.25) is 12.7 Å². The number of benzene rings is 1. The van der Waals surface area contributed by atoms with Crippen LogP contribution in [0.2, 0.25) is 0 Å². The smallest absolute Gasteiger partial charge is 0.231 e. The van der Waals surface area contributed by atoms with Crippen LogP contribution in [-0.4, -0.2) is 27.3 Å². The third kappa shape index (κ3) is 1.79. The summed E-state index contributed by atoms with van der Waals surface area (Å²) in [5.74, 6) is 2.27. The van der Waals surface area contributed by atoms with Gasteiger partial charge in [-0.15, -0.1) is 0 Å². The van der Waals surface area contributed by atoms with Gasteiger partial charge < -0.3 is 14.8 Å². The van der Waals surface area contributed by atoms with E-state index < -0.39 is 0 Å². The third-order valence-electron chi connectivity index (χ3n) is 4.52. The van der Waals surface area contributed by atoms with Gasteiger partial charge in [-0.05, 0) is 30.5 Å². The summed E-state index contributed by atoms with van der Waals surface area (Å²) in [7, 11) is 0. The lowest BCUT2D eigenvalue weighted by atomic mass is 9.85. The van der Waals surface area contributed by atoms with Crippen molar-refractivity contribution in [1.29, 1.82) is 0 Å². The van der Waals surface area contributed by atoms with Crippen molar-refractivity contribution < 1.29 is 14.3 Å². The number of ether oxygens (including phenoxy) is 2. The van der Waals surface area contributed by atoms with Gasteiger partial charge in [-0.25, -0.2) is 4.68 Å². The van der Waals surface area contributed by atoms with E-state index in [1.54, 1.807) is 4.68 Å². The number of anilines is 1. The Morgan fingerprint density at radius 2 is 2.13 bits per heavy atom. The van der Waals surface area contributed by atoms with Crippen molar-refractivity contribution in [3.05, 3.63) is 41.4 Å². The number of hydrogen-bond donors (Lipinski definition) is 1. The monoisotopic (exact) mass is 310 g/mol. The Morgan fingerprint density at radius 3 is 3.09 bits per heavy atom. The van der Waals surface area contributed by atoms with Gasteiger partial charge in [0.1, 0.15) is 12.4 Å². The second kappa shape index (κ2) is 4.58. The maximum atomic E-state index is 12.6. The van der Waals surface area contributed by atoms with Crippen molar-refractivity contribution in [3.63, 3.8) is 0 Å². The molecule has 7 nitrogen and oxygen atoms in total. The first-order valence-corrected chi connectivity index (χ1v) is 7.63. The molecule has 1 N–H and O–H groups in total. The average Bonchev–Trinajstić information content (AvgIpc) is 3.21. The molecule has 0 fully saturated rings. The molecule has 0 spiro atoms. The Bertz CT molecular complexity index is 855. The fourth-order valence-corrected chi connectivity index (χ4v) is 3.49. The molecule has 1 aromatic carbocycles. The number of allylic oxidation sites excluding steroid dienone is 2. The highest BCUT2D eigenvalue weighted by Crippen LogP contribution is 2.42. The van der Waals surface area contributed by atoms with Crippen molar-refractivity contribution in [2.45, 2.75) is 25.3 Å². The summed E-state index contributed by atoms with van der Waals surface area (Å²) in [5, 5.41) is 7.57. The molecule has 116 valence electrons. The Hall–Kier alpha value is -2.83. The van der Waals surface area contributed by atoms with E-state index in [1.165, 1.54) is 6.33 Å². The maximum Gasteiger partial charge on any atom is 0.231 e. The van der Waals surface area contributed by atoms with Crippen LogP contribution in [-0.2, 0) is 4.79 Å². The molecule has 1 aliphatic carbocycles. The Balaban J connectivity index is 1.70. The van der Waals surface area contributed by atoms with Gasteiger partial charge in [0.05, 0.1) is 0 Å². The number of ketones is 1. The van der Waals surface area contributed by atoms with Gasteiger partial charge >= 0.3 is 0 Å². The molecule has 7 heteroatoms. The molecule has 1 unspecified atom stereocenters. The molecular formula is C16H14N4O3. The molecule has 0 amide bonds. The number of fused-ring (bicyclic) bond motifs is 2. The van der Waals surface area contributed by atoms with Crippen LogP contribution in [0.1, 0.15) is 30.9 Å². The van der Waals surface area contributed by atoms with Gasteiger partial charge in [0.15, 0.2) is 17.3 Å². The van der Waals surface area contributed by atoms with E-state index in [4.69, 9.17) is 9.47 Å². The standard InChI is InChI=1S/C16H14N4O3/c21-11-3-1-2-10-14(11)15(20-16(19-10)17-7-18-20)9-4-5-12-13(6-9)23-8-22-12/h4-7,15H,1-3,8H2,(H,17,18,19). The molecule has 3 heterocycles. The number of hydrogen-bond acceptors (Lipinski definition) is 6. The minimum Gasteiger partial charge on any atom is -0.454 e. The van der Waals surface area contributed by atoms with Gasteiger partial charge in [0, 0.05) is 17.7 Å². The van der Waals surface area contributed by atoms with Crippen LogP contribution >= 0.6 is 0 Å². The zero-order chi connectivity index (χ0) is 15.4. The van der Waals surface area contributed by atoms with Crippen LogP contribution in [0.25, 0.3) is 0 Å². The Morgan fingerprint density at radius 1 is 1.22 bits per heavy atom. The lowest BCUT2D eigenvalue weighted by Gasteiger charge is -2.32. The van der Waals surface area contributed by atoms with E-state index in [0.29, 0.717) is 18.1 Å². The zero-order valence-electron chi connectivity index (χ0n) is 12.3. The first-order valence-electron chi connectivity index (χ1n) is 7.63. The summed E-state index contributed by atoms with van der Waals surface area (Å²) in [6.07, 6.45) is 3.80. The Labute approximate surface area is 131 Å². The highest BCUT2D eigenvalue weighted by Gasteiger charge is 2.36. The van der Waals surface area contributed by atoms with E-state index >= 15 is 0 Å². The Kier molecular flexibility index (Phi) is 2.53. The van der Waals surface area contributed by atoms with E-state index in [2.05, 4.69) is 15.4 Å². The van der Waals surface area contributed by atoms with Crippen LogP contribution in [0.3, 0.4) is 0 Å². The summed E-state index contributed by atoms with van der Waals surface area (Å²) in [5.41, 5.74) is 2.70. The quantitative estimate of drug-likeness (QED) is 0.868. The number of rotatable bonds is 1. The second-order valence-corrected chi connectivity index (χ2v) is 5.84. The predicted molar refractivity (Wildman–Crippen MR) is 80.2 cm³/mol. The van der Waals surface area contributed by atoms with Crippen LogP contribution in [0.4, 0.5) is 5.95 Å². The third-order valence-corrected chi connectivity index (χ3v) is 4.52. The minimum atomic E-state index is -0.272. The van der Waals surface area contributed by atoms with Crippen molar-refractivity contribution in [2.24, 2.45) is 0 Å². The molecular weight excluding hydrogens is 296 g/mol. The number of Topliss-reactive ketones (excluding diaryl/α,β-unsaturated/α-hetero) is 1. The molecule has 0 saturated heterocycles. The molecule has 0 saturated carbocycles. The number of nitrogens with one attached hydrogen (secondary N) is 1. The summed E-state index contributed by atoms with van der Waals surface area (Å²) in [4.78, 5) is 16.8. The van der Waals surface area contributed by atoms with E-state index in [0.717, 1.165) is 35.4 Å². The lowest BCUT2D eigenvalue weighted by Crippen LogP contribution is -2.31. The molecule has 5 rings (SSSR count). The molecule has 23 heavy (non-hydrogen) atoms. The first-order chi connectivity index (χ1) is 11.3. The SMILES string of the molecule is O=C1CCCC2=C1C(c1ccc3c(c1)OCO3)n1ncnc1N2. The summed E-state index contributed by atoms with van der Waals surface area (Å²) in [6.45, 7) is 0.229. The fraction of sp³-hybridized carbons (Fsp3) is 0.312. The number of nitrogens with zero attached hydrogens (tertiary/aromatic N) is 3. The highest BCUT2D eigenvalue weighted by atomic mass is 16.7. The maximum absolute atomic E-state index is 12.6. The number of carbonyl (C=O) groups excluding carboxylic acids is 1. The molecule has 2 aromatic rings. The second-order valence-electron chi connectivity index (χ2n) is 5.84. The molecule has 1 atom stereocenters. The van der Waals surface area contributed by atoms with Crippen LogP contribution in [0.15, 0.2) is 35.8 Å². The highest BCUT2D eigenvalue weighted by molar-refractivity contribution is 5.99. The number of aromatic nitrogens is 3. The van der Waals surface area contributed by atoms with Crippen LogP contribution < -0.4 is 14.8 Å². The lowest BCUT2D eigenvalue weighted by molar-refractivity contribution is -0.116. The summed E-state index contributed by atoms with van der Waals surface area (Å²) in [6, 6.07) is 5.49. The zero-order valence-corrected chi connectivity index (χ0v) is 12.3. The molecule has 0 bridgehead atoms. The average molecular weight is 310 g/mol.